The van der Waals surface area contributed by atoms with Gasteiger partial charge in [-0.05, 0) is 6.07 Å². The topological polar surface area (TPSA) is 46.5 Å². The molecule has 88 valence electrons. The van der Waals surface area contributed by atoms with Crippen molar-refractivity contribution >= 4 is 5.97 Å². The fourth-order valence-corrected chi connectivity index (χ4v) is 0.919. The number of carboxylic acid groups (broad SMARTS) is 1. The first-order valence-corrected chi connectivity index (χ1v) is 3.69. The highest BCUT2D eigenvalue weighted by molar-refractivity contribution is 5.88. The predicted molar refractivity (Wildman–Crippen MR) is 40.0 cm³/mol. The molecule has 1 aromatic rings. The molecule has 8 heteroatoms. The summed E-state index contributed by atoms with van der Waals surface area (Å²) in [5.41, 5.74) is -1.24. The van der Waals surface area contributed by atoms with E-state index in [2.05, 4.69) is 4.74 Å². The van der Waals surface area contributed by atoms with Gasteiger partial charge in [-0.1, -0.05) is 0 Å². The lowest BCUT2D eigenvalue weighted by molar-refractivity contribution is -0.275. The molecule has 16 heavy (non-hydrogen) atoms. The van der Waals surface area contributed by atoms with E-state index in [1.165, 1.54) is 0 Å². The summed E-state index contributed by atoms with van der Waals surface area (Å²) >= 11 is 0. The van der Waals surface area contributed by atoms with Gasteiger partial charge >= 0.3 is 12.3 Å². The third-order valence-corrected chi connectivity index (χ3v) is 1.46. The number of alkyl halides is 3. The van der Waals surface area contributed by atoms with E-state index >= 15 is 0 Å². The van der Waals surface area contributed by atoms with Crippen LogP contribution in [0.4, 0.5) is 22.0 Å². The number of halogens is 5. The highest BCUT2D eigenvalue weighted by Crippen LogP contribution is 2.28. The van der Waals surface area contributed by atoms with E-state index in [4.69, 9.17) is 5.11 Å². The van der Waals surface area contributed by atoms with E-state index in [0.717, 1.165) is 0 Å². The Kier molecular flexibility index (Phi) is 3.02. The quantitative estimate of drug-likeness (QED) is 0.810. The molecule has 0 aliphatic heterocycles. The van der Waals surface area contributed by atoms with Crippen LogP contribution >= 0.6 is 0 Å². The first kappa shape index (κ1) is 12.2. The molecule has 0 saturated heterocycles. The number of ether oxygens (including phenoxy) is 1. The van der Waals surface area contributed by atoms with Gasteiger partial charge in [0.1, 0.15) is 11.4 Å². The van der Waals surface area contributed by atoms with Crippen LogP contribution < -0.4 is 4.74 Å². The highest BCUT2D eigenvalue weighted by atomic mass is 19.4. The normalized spacial score (nSPS) is 11.3. The van der Waals surface area contributed by atoms with Gasteiger partial charge in [-0.2, -0.15) is 0 Å². The smallest absolute Gasteiger partial charge is 0.478 e. The van der Waals surface area contributed by atoms with Crippen LogP contribution in [0.2, 0.25) is 0 Å². The number of benzene rings is 1. The molecule has 0 fully saturated rings. The van der Waals surface area contributed by atoms with Gasteiger partial charge in [-0.15, -0.1) is 13.2 Å². The van der Waals surface area contributed by atoms with Gasteiger partial charge in [0, 0.05) is 6.07 Å². The van der Waals surface area contributed by atoms with E-state index in [9.17, 15) is 26.7 Å². The second-order valence-electron chi connectivity index (χ2n) is 2.62. The van der Waals surface area contributed by atoms with Crippen LogP contribution in [0.1, 0.15) is 10.4 Å². The molecule has 1 N–H and O–H groups in total. The van der Waals surface area contributed by atoms with Crippen LogP contribution in [-0.4, -0.2) is 17.4 Å². The summed E-state index contributed by atoms with van der Waals surface area (Å²) < 4.78 is 64.0. The number of carboxylic acids is 1. The zero-order chi connectivity index (χ0) is 12.5. The average molecular weight is 242 g/mol. The van der Waals surface area contributed by atoms with Crippen molar-refractivity contribution in [1.29, 1.82) is 0 Å². The van der Waals surface area contributed by atoms with Gasteiger partial charge in [0.15, 0.2) is 11.6 Å². The lowest BCUT2D eigenvalue weighted by atomic mass is 10.2. The monoisotopic (exact) mass is 242 g/mol. The molecule has 0 spiro atoms. The second-order valence-corrected chi connectivity index (χ2v) is 2.62. The van der Waals surface area contributed by atoms with Crippen molar-refractivity contribution in [2.24, 2.45) is 0 Å². The summed E-state index contributed by atoms with van der Waals surface area (Å²) in [6.07, 6.45) is -5.23. The van der Waals surface area contributed by atoms with Crippen molar-refractivity contribution < 1.29 is 36.6 Å². The van der Waals surface area contributed by atoms with E-state index in [1.807, 2.05) is 0 Å². The van der Waals surface area contributed by atoms with E-state index in [-0.39, 0.29) is 12.1 Å². The van der Waals surface area contributed by atoms with Crippen LogP contribution in [0, 0.1) is 11.6 Å². The molecular formula is C8H3F5O3. The molecular weight excluding hydrogens is 239 g/mol. The summed E-state index contributed by atoms with van der Waals surface area (Å²) in [4.78, 5) is 10.3. The van der Waals surface area contributed by atoms with E-state index in [1.54, 1.807) is 0 Å². The second kappa shape index (κ2) is 3.95. The summed E-state index contributed by atoms with van der Waals surface area (Å²) in [6.45, 7) is 0. The zero-order valence-electron chi connectivity index (χ0n) is 7.31. The Morgan fingerprint density at radius 3 is 2.25 bits per heavy atom. The molecule has 0 aliphatic rings. The van der Waals surface area contributed by atoms with Crippen LogP contribution in [0.5, 0.6) is 5.75 Å². The number of carbonyl (C=O) groups is 1. The minimum atomic E-state index is -5.23. The Hall–Kier alpha value is -1.86. The molecule has 3 nitrogen and oxygen atoms in total. The van der Waals surface area contributed by atoms with Gasteiger partial charge < -0.3 is 9.84 Å². The Morgan fingerprint density at radius 1 is 1.25 bits per heavy atom. The van der Waals surface area contributed by atoms with Crippen molar-refractivity contribution in [3.05, 3.63) is 29.3 Å². The molecule has 0 aromatic heterocycles. The third kappa shape index (κ3) is 2.81. The standard InChI is InChI=1S/C8H3F5O3/c9-3-1-4(7(14)15)6(10)5(2-3)16-8(11,12)13/h1-2H,(H,14,15). The Labute approximate surface area is 85.1 Å². The molecule has 1 aromatic carbocycles. The molecule has 1 rings (SSSR count). The van der Waals surface area contributed by atoms with Crippen LogP contribution in [0.15, 0.2) is 12.1 Å². The third-order valence-electron chi connectivity index (χ3n) is 1.46. The Morgan fingerprint density at radius 2 is 1.81 bits per heavy atom. The Balaban J connectivity index is 3.25. The molecule has 0 unspecified atom stereocenters. The lowest BCUT2D eigenvalue weighted by Gasteiger charge is -2.10. The van der Waals surface area contributed by atoms with Crippen molar-refractivity contribution in [2.75, 3.05) is 0 Å². The van der Waals surface area contributed by atoms with E-state index in [0.29, 0.717) is 0 Å². The van der Waals surface area contributed by atoms with Crippen LogP contribution in [-0.2, 0) is 0 Å². The number of aromatic carboxylic acids is 1. The SMILES string of the molecule is O=C(O)c1cc(F)cc(OC(F)(F)F)c1F. The van der Waals surface area contributed by atoms with Gasteiger partial charge in [-0.25, -0.2) is 13.6 Å². The minimum Gasteiger partial charge on any atom is -0.478 e. The van der Waals surface area contributed by atoms with Crippen molar-refractivity contribution in [3.8, 4) is 5.75 Å². The van der Waals surface area contributed by atoms with Crippen molar-refractivity contribution in [3.63, 3.8) is 0 Å². The molecule has 0 radical (unpaired) electrons. The maximum absolute atomic E-state index is 13.1. The molecule has 0 amide bonds. The van der Waals surface area contributed by atoms with Crippen LogP contribution in [0.3, 0.4) is 0 Å². The maximum atomic E-state index is 13.1. The Bertz CT molecular complexity index is 426. The average Bonchev–Trinajstić information content (AvgIpc) is 2.07. The molecule has 0 saturated carbocycles. The van der Waals surface area contributed by atoms with Gasteiger partial charge in [-0.3, -0.25) is 0 Å². The fourth-order valence-electron chi connectivity index (χ4n) is 0.919. The first-order valence-electron chi connectivity index (χ1n) is 3.69. The number of hydrogen-bond donors (Lipinski definition) is 1. The minimum absolute atomic E-state index is 0.106. The fraction of sp³-hybridized carbons (Fsp3) is 0.125. The molecule has 0 heterocycles. The predicted octanol–water partition coefficient (Wildman–Crippen LogP) is 2.56. The summed E-state index contributed by atoms with van der Waals surface area (Å²) in [7, 11) is 0. The maximum Gasteiger partial charge on any atom is 0.573 e. The van der Waals surface area contributed by atoms with Gasteiger partial charge in [0.2, 0.25) is 0 Å². The summed E-state index contributed by atoms with van der Waals surface area (Å²) in [5, 5.41) is 8.37. The van der Waals surface area contributed by atoms with Gasteiger partial charge in [0.05, 0.1) is 0 Å². The zero-order valence-corrected chi connectivity index (χ0v) is 7.31. The van der Waals surface area contributed by atoms with Crippen molar-refractivity contribution in [1.82, 2.24) is 0 Å². The molecule has 0 bridgehead atoms. The lowest BCUT2D eigenvalue weighted by Crippen LogP contribution is -2.19. The van der Waals surface area contributed by atoms with Crippen molar-refractivity contribution in [2.45, 2.75) is 6.36 Å². The molecule has 0 aliphatic carbocycles. The first-order chi connectivity index (χ1) is 7.20. The highest BCUT2D eigenvalue weighted by Gasteiger charge is 2.33. The number of rotatable bonds is 2. The number of hydrogen-bond acceptors (Lipinski definition) is 2. The van der Waals surface area contributed by atoms with E-state index < -0.39 is 35.3 Å². The largest absolute Gasteiger partial charge is 0.573 e. The van der Waals surface area contributed by atoms with Crippen LogP contribution in [0.25, 0.3) is 0 Å². The molecule has 0 atom stereocenters. The summed E-state index contributed by atoms with van der Waals surface area (Å²) in [5.74, 6) is -6.56. The summed E-state index contributed by atoms with van der Waals surface area (Å²) in [6, 6.07) is 0.357. The van der Waals surface area contributed by atoms with Gasteiger partial charge in [0.25, 0.3) is 0 Å².